The molecule has 0 aliphatic carbocycles. The molecule has 0 saturated carbocycles. The molecular weight excluding hydrogens is 743 g/mol. The maximum atomic E-state index is 10.9. The maximum Gasteiger partial charge on any atom is 0.305 e. The zero-order chi connectivity index (χ0) is 34.4. The Balaban J connectivity index is -0.000000253. The average Bonchev–Trinajstić information content (AvgIpc) is 3.02. The van der Waals surface area contributed by atoms with Crippen LogP contribution < -0.4 is 0 Å². The molecule has 0 aliphatic heterocycles. The Morgan fingerprint density at radius 3 is 0.886 bits per heavy atom. The number of carbonyl (C=O) groups is 6. The Morgan fingerprint density at radius 1 is 0.477 bits per heavy atom. The minimum absolute atomic E-state index is 0.241. The Morgan fingerprint density at radius 2 is 0.727 bits per heavy atom. The second-order valence-corrected chi connectivity index (χ2v) is 10.8. The van der Waals surface area contributed by atoms with E-state index in [9.17, 15) is 28.8 Å². The molecule has 0 aromatic carbocycles. The van der Waals surface area contributed by atoms with Crippen LogP contribution in [-0.4, -0.2) is 117 Å². The van der Waals surface area contributed by atoms with Crippen molar-refractivity contribution in [2.45, 2.75) is 82.0 Å². The van der Waals surface area contributed by atoms with Gasteiger partial charge in [0.2, 0.25) is 0 Å². The van der Waals surface area contributed by atoms with Crippen LogP contribution in [-0.2, 0) is 95.1 Å². The van der Waals surface area contributed by atoms with E-state index in [0.717, 1.165) is 0 Å². The van der Waals surface area contributed by atoms with E-state index < -0.39 is 0 Å². The van der Waals surface area contributed by atoms with Gasteiger partial charge < -0.3 is 66.3 Å². The third-order valence-electron chi connectivity index (χ3n) is 4.54. The summed E-state index contributed by atoms with van der Waals surface area (Å²) in [7, 11) is 3.95. The van der Waals surface area contributed by atoms with Crippen LogP contribution in [0.15, 0.2) is 0 Å². The van der Waals surface area contributed by atoms with E-state index in [1.807, 2.05) is 0 Å². The van der Waals surface area contributed by atoms with Crippen molar-refractivity contribution in [2.75, 3.05) is 58.4 Å². The number of methoxy groups -OCH3 is 3. The summed E-state index contributed by atoms with van der Waals surface area (Å²) in [4.78, 5) is 64.4. The first kappa shape index (κ1) is 49.5. The van der Waals surface area contributed by atoms with Crippen molar-refractivity contribution in [1.29, 1.82) is 0 Å². The number of esters is 6. The molecule has 254 valence electrons. The van der Waals surface area contributed by atoms with Crippen molar-refractivity contribution >= 4 is 96.2 Å². The topological polar surface area (TPSA) is 158 Å². The van der Waals surface area contributed by atoms with Gasteiger partial charge in [-0.25, -0.2) is 0 Å². The molecule has 0 amide bonds. The van der Waals surface area contributed by atoms with Crippen molar-refractivity contribution in [3.8, 4) is 0 Å². The van der Waals surface area contributed by atoms with E-state index in [0.29, 0.717) is 36.5 Å². The van der Waals surface area contributed by atoms with Crippen molar-refractivity contribution in [3.05, 3.63) is 0 Å². The summed E-state index contributed by atoms with van der Waals surface area (Å²) in [6.45, 7) is 3.04. The summed E-state index contributed by atoms with van der Waals surface area (Å²) in [5, 5.41) is 0. The molecule has 0 spiro atoms. The molecule has 44 heavy (non-hydrogen) atoms. The van der Waals surface area contributed by atoms with Crippen molar-refractivity contribution < 1.29 is 57.2 Å². The van der Waals surface area contributed by atoms with Crippen molar-refractivity contribution in [1.82, 2.24) is 0 Å². The van der Waals surface area contributed by atoms with Crippen LogP contribution in [0.3, 0.4) is 0 Å². The van der Waals surface area contributed by atoms with Crippen LogP contribution >= 0.6 is 0 Å². The van der Waals surface area contributed by atoms with Gasteiger partial charge in [-0.15, -0.1) is 17.3 Å². The van der Waals surface area contributed by atoms with Crippen molar-refractivity contribution in [3.63, 3.8) is 0 Å². The molecule has 16 heteroatoms. The molecule has 0 radical (unpaired) electrons. The van der Waals surface area contributed by atoms with E-state index in [1.165, 1.54) is 38.6 Å². The molecule has 0 saturated heterocycles. The molecule has 0 bridgehead atoms. The normalized spacial score (nSPS) is 9.30. The minimum Gasteiger partial charge on any atom is -0.789 e. The molecule has 0 unspecified atom stereocenters. The van der Waals surface area contributed by atoms with E-state index in [4.69, 9.17) is 14.2 Å². The maximum absolute atomic E-state index is 10.9. The largest absolute Gasteiger partial charge is 0.789 e. The first-order valence-corrected chi connectivity index (χ1v) is 17.8. The van der Waals surface area contributed by atoms with E-state index in [-0.39, 0.29) is 94.2 Å². The smallest absolute Gasteiger partial charge is 0.305 e. The van der Waals surface area contributed by atoms with Gasteiger partial charge in [0, 0.05) is 38.5 Å². The van der Waals surface area contributed by atoms with Gasteiger partial charge in [-0.1, -0.05) is 0 Å². The van der Waals surface area contributed by atoms with Crippen LogP contribution in [0, 0.1) is 0 Å². The molecule has 0 aromatic rings. The van der Waals surface area contributed by atoms with E-state index in [1.54, 1.807) is 22.5 Å². The second-order valence-electron chi connectivity index (χ2n) is 8.17. The molecular formula is C28H48O12S3Sn. The zero-order valence-electron chi connectivity index (χ0n) is 26.4. The number of rotatable bonds is 20. The molecule has 12 nitrogen and oxygen atoms in total. The molecule has 0 heterocycles. The van der Waals surface area contributed by atoms with Gasteiger partial charge in [-0.05, 0) is 19.3 Å². The number of unbranched alkanes of at least 4 members (excludes halogenated alkanes) is 1. The fourth-order valence-electron chi connectivity index (χ4n) is 2.30. The monoisotopic (exact) mass is 792 g/mol. The van der Waals surface area contributed by atoms with Gasteiger partial charge in [-0.2, -0.15) is 0 Å². The van der Waals surface area contributed by atoms with Gasteiger partial charge >= 0.3 is 82.5 Å². The zero-order valence-corrected chi connectivity index (χ0v) is 31.7. The van der Waals surface area contributed by atoms with Gasteiger partial charge in [-0.3, -0.25) is 28.8 Å². The summed E-state index contributed by atoms with van der Waals surface area (Å²) < 4.78 is 28.8. The second kappa shape index (κ2) is 41.7. The van der Waals surface area contributed by atoms with Gasteiger partial charge in [0.15, 0.2) is 0 Å². The molecule has 0 rings (SSSR count). The van der Waals surface area contributed by atoms with Crippen LogP contribution in [0.2, 0.25) is 4.44 Å². The van der Waals surface area contributed by atoms with Crippen LogP contribution in [0.5, 0.6) is 0 Å². The van der Waals surface area contributed by atoms with Gasteiger partial charge in [0.05, 0.1) is 41.2 Å². The van der Waals surface area contributed by atoms with Crippen LogP contribution in [0.4, 0.5) is 0 Å². The summed E-state index contributed by atoms with van der Waals surface area (Å²) in [5.41, 5.74) is 0. The van der Waals surface area contributed by atoms with Gasteiger partial charge in [0.25, 0.3) is 0 Å². The summed E-state index contributed by atoms with van der Waals surface area (Å²) >= 11 is 15.5. The summed E-state index contributed by atoms with van der Waals surface area (Å²) in [6.07, 6.45) is 5.65. The van der Waals surface area contributed by atoms with Crippen LogP contribution in [0.25, 0.3) is 0 Å². The molecule has 0 N–H and O–H groups in total. The molecule has 0 aromatic heterocycles. The molecule has 0 atom stereocenters. The predicted octanol–water partition coefficient (Wildman–Crippen LogP) is 2.63. The number of carbonyl (C=O) groups excluding carboxylic acids is 6. The average molecular weight is 792 g/mol. The Hall–Kier alpha value is -1.33. The standard InChI is InChI=1S/3C8H14O4S.C4H9.Sn/c3*1-11-7(9)3-2-4-8(10)12-5-6-13;1-3-4-2;/h3*13H,2-6H2,1H3;1,3-4H2,2H3;/q;;;;+3/p-3. The Kier molecular flexibility index (Phi) is 46.9. The fraction of sp³-hybridized carbons (Fsp3) is 0.786. The first-order valence-electron chi connectivity index (χ1n) is 14.1. The third kappa shape index (κ3) is 47.6. The molecule has 0 aliphatic rings. The first-order chi connectivity index (χ1) is 21.0. The minimum atomic E-state index is -0.311. The third-order valence-corrected chi connectivity index (χ3v) is 6.05. The van der Waals surface area contributed by atoms with E-state index in [2.05, 4.69) is 59.0 Å². The quantitative estimate of drug-likeness (QED) is 0.0767. The molecule has 0 fully saturated rings. The Labute approximate surface area is 292 Å². The number of ether oxygens (including phenoxy) is 6. The predicted molar refractivity (Wildman–Crippen MR) is 173 cm³/mol. The Bertz CT molecular complexity index is 650. The number of hydrogen-bond donors (Lipinski definition) is 0. The summed E-state index contributed by atoms with van der Waals surface area (Å²) in [5.74, 6) is -0.645. The van der Waals surface area contributed by atoms with Crippen molar-refractivity contribution in [2.24, 2.45) is 0 Å². The van der Waals surface area contributed by atoms with Crippen LogP contribution in [0.1, 0.15) is 77.6 Å². The van der Waals surface area contributed by atoms with Gasteiger partial charge in [0.1, 0.15) is 0 Å². The van der Waals surface area contributed by atoms with E-state index >= 15 is 0 Å². The SMILES string of the molecule is CCC[CH2][Sn+3].COC(=O)CCCC(=O)OCC[S-].COC(=O)CCCC(=O)OCC[S-].COC(=O)CCCC(=O)OCC[S-]. The summed E-state index contributed by atoms with van der Waals surface area (Å²) in [6, 6.07) is 0. The number of hydrogen-bond acceptors (Lipinski definition) is 15. The fourth-order valence-corrected chi connectivity index (χ4v) is 3.56.